The molecule has 1 atom stereocenters. The van der Waals surface area contributed by atoms with Gasteiger partial charge in [-0.2, -0.15) is 0 Å². The van der Waals surface area contributed by atoms with Gasteiger partial charge in [-0.15, -0.1) is 0 Å². The highest BCUT2D eigenvalue weighted by atomic mass is 16.5. The molecule has 0 spiro atoms. The SMILES string of the molecule is C[C@H](OC(=O)c1c2ccccc2cc2ccccc12)C(=O)N(C)c1ccccc1. The number of para-hydroxylation sites is 1. The third kappa shape index (κ3) is 3.57. The maximum atomic E-state index is 13.2. The molecule has 4 rings (SSSR count). The first kappa shape index (κ1) is 18.7. The van der Waals surface area contributed by atoms with Gasteiger partial charge in [-0.25, -0.2) is 4.79 Å². The van der Waals surface area contributed by atoms with Crippen LogP contribution >= 0.6 is 0 Å². The molecule has 4 heteroatoms. The molecule has 1 amide bonds. The van der Waals surface area contributed by atoms with Crippen LogP contribution in [0.15, 0.2) is 84.9 Å². The van der Waals surface area contributed by atoms with Crippen LogP contribution in [0.2, 0.25) is 0 Å². The summed E-state index contributed by atoms with van der Waals surface area (Å²) in [5.41, 5.74) is 1.23. The molecule has 0 aliphatic carbocycles. The minimum absolute atomic E-state index is 0.283. The molecule has 0 fully saturated rings. The van der Waals surface area contributed by atoms with E-state index in [4.69, 9.17) is 4.74 Å². The van der Waals surface area contributed by atoms with E-state index in [1.54, 1.807) is 14.0 Å². The molecule has 0 saturated carbocycles. The van der Waals surface area contributed by atoms with Crippen LogP contribution in [-0.4, -0.2) is 25.0 Å². The van der Waals surface area contributed by atoms with E-state index >= 15 is 0 Å². The number of carbonyl (C=O) groups excluding carboxylic acids is 2. The molecule has 144 valence electrons. The number of nitrogens with zero attached hydrogens (tertiary/aromatic N) is 1. The zero-order valence-electron chi connectivity index (χ0n) is 16.3. The van der Waals surface area contributed by atoms with E-state index in [1.807, 2.05) is 78.9 Å². The lowest BCUT2D eigenvalue weighted by Gasteiger charge is -2.22. The van der Waals surface area contributed by atoms with Crippen molar-refractivity contribution in [3.05, 3.63) is 90.5 Å². The Kier molecular flexibility index (Phi) is 5.00. The number of fused-ring (bicyclic) bond motifs is 2. The van der Waals surface area contributed by atoms with E-state index < -0.39 is 12.1 Å². The van der Waals surface area contributed by atoms with Crippen LogP contribution in [0, 0.1) is 0 Å². The molecule has 0 N–H and O–H groups in total. The number of hydrogen-bond donors (Lipinski definition) is 0. The minimum Gasteiger partial charge on any atom is -0.449 e. The van der Waals surface area contributed by atoms with Crippen molar-refractivity contribution in [2.24, 2.45) is 0 Å². The van der Waals surface area contributed by atoms with Gasteiger partial charge in [-0.05, 0) is 46.7 Å². The van der Waals surface area contributed by atoms with Crippen LogP contribution in [0.1, 0.15) is 17.3 Å². The van der Waals surface area contributed by atoms with E-state index in [-0.39, 0.29) is 5.91 Å². The average molecular weight is 383 g/mol. The van der Waals surface area contributed by atoms with Crippen molar-refractivity contribution in [1.29, 1.82) is 0 Å². The maximum absolute atomic E-state index is 13.2. The van der Waals surface area contributed by atoms with Crippen LogP contribution in [-0.2, 0) is 9.53 Å². The van der Waals surface area contributed by atoms with Crippen molar-refractivity contribution >= 4 is 39.1 Å². The third-order valence-electron chi connectivity index (χ3n) is 5.08. The van der Waals surface area contributed by atoms with E-state index in [0.29, 0.717) is 5.56 Å². The summed E-state index contributed by atoms with van der Waals surface area (Å²) in [5, 5.41) is 3.54. The first-order valence-electron chi connectivity index (χ1n) is 9.50. The molecule has 0 heterocycles. The van der Waals surface area contributed by atoms with E-state index in [9.17, 15) is 9.59 Å². The summed E-state index contributed by atoms with van der Waals surface area (Å²) in [5.74, 6) is -0.783. The Balaban J connectivity index is 1.67. The summed E-state index contributed by atoms with van der Waals surface area (Å²) in [7, 11) is 1.68. The van der Waals surface area contributed by atoms with Crippen molar-refractivity contribution in [3.8, 4) is 0 Å². The summed E-state index contributed by atoms with van der Waals surface area (Å²) in [6.07, 6.45) is -0.912. The topological polar surface area (TPSA) is 46.6 Å². The van der Waals surface area contributed by atoms with Gasteiger partial charge in [0, 0.05) is 12.7 Å². The quantitative estimate of drug-likeness (QED) is 0.359. The Morgan fingerprint density at radius 3 is 1.90 bits per heavy atom. The summed E-state index contributed by atoms with van der Waals surface area (Å²) < 4.78 is 5.63. The Hall–Kier alpha value is -3.66. The fourth-order valence-electron chi connectivity index (χ4n) is 3.56. The van der Waals surface area contributed by atoms with Crippen molar-refractivity contribution in [2.75, 3.05) is 11.9 Å². The predicted molar refractivity (Wildman–Crippen MR) is 116 cm³/mol. The lowest BCUT2D eigenvalue weighted by molar-refractivity contribution is -0.126. The second kappa shape index (κ2) is 7.76. The molecule has 0 bridgehead atoms. The molecule has 29 heavy (non-hydrogen) atoms. The van der Waals surface area contributed by atoms with E-state index in [2.05, 4.69) is 6.07 Å². The number of amides is 1. The molecule has 4 aromatic rings. The van der Waals surface area contributed by atoms with Crippen LogP contribution in [0.5, 0.6) is 0 Å². The highest BCUT2D eigenvalue weighted by Gasteiger charge is 2.25. The van der Waals surface area contributed by atoms with Gasteiger partial charge in [0.1, 0.15) is 0 Å². The van der Waals surface area contributed by atoms with Gasteiger partial charge in [0.05, 0.1) is 5.56 Å². The standard InChI is InChI=1S/C25H21NO3/c1-17(24(27)26(2)20-12-4-3-5-13-20)29-25(28)23-21-14-8-6-10-18(21)16-19-11-7-9-15-22(19)23/h3-17H,1-2H3/t17-/m0/s1. The normalized spacial score (nSPS) is 11.9. The lowest BCUT2D eigenvalue weighted by Crippen LogP contribution is -2.37. The first-order valence-corrected chi connectivity index (χ1v) is 9.50. The fraction of sp³-hybridized carbons (Fsp3) is 0.120. The van der Waals surface area contributed by atoms with Crippen LogP contribution in [0.4, 0.5) is 5.69 Å². The Bertz CT molecular complexity index is 1150. The molecule has 4 nitrogen and oxygen atoms in total. The highest BCUT2D eigenvalue weighted by molar-refractivity contribution is 6.17. The van der Waals surface area contributed by atoms with Crippen molar-refractivity contribution in [2.45, 2.75) is 13.0 Å². The number of rotatable bonds is 4. The predicted octanol–water partition coefficient (Wildman–Crippen LogP) is 5.20. The molecular formula is C25H21NO3. The molecular weight excluding hydrogens is 362 g/mol. The summed E-state index contributed by atoms with van der Waals surface area (Å²) in [6, 6.07) is 26.7. The molecule has 0 unspecified atom stereocenters. The minimum atomic E-state index is -0.912. The monoisotopic (exact) mass is 383 g/mol. The van der Waals surface area contributed by atoms with Crippen molar-refractivity contribution in [1.82, 2.24) is 0 Å². The molecule has 0 aromatic heterocycles. The van der Waals surface area contributed by atoms with Gasteiger partial charge in [-0.1, -0.05) is 66.7 Å². The largest absolute Gasteiger partial charge is 0.449 e. The number of hydrogen-bond acceptors (Lipinski definition) is 3. The highest BCUT2D eigenvalue weighted by Crippen LogP contribution is 2.29. The number of carbonyl (C=O) groups is 2. The average Bonchev–Trinajstić information content (AvgIpc) is 2.76. The number of ether oxygens (including phenoxy) is 1. The van der Waals surface area contributed by atoms with Crippen LogP contribution in [0.3, 0.4) is 0 Å². The smallest absolute Gasteiger partial charge is 0.340 e. The number of esters is 1. The van der Waals surface area contributed by atoms with Gasteiger partial charge in [0.25, 0.3) is 5.91 Å². The van der Waals surface area contributed by atoms with Crippen LogP contribution in [0.25, 0.3) is 21.5 Å². The van der Waals surface area contributed by atoms with Gasteiger partial charge in [0.15, 0.2) is 6.10 Å². The second-order valence-corrected chi connectivity index (χ2v) is 6.97. The van der Waals surface area contributed by atoms with Gasteiger partial charge >= 0.3 is 5.97 Å². The Labute approximate surface area is 169 Å². The van der Waals surface area contributed by atoms with Gasteiger partial charge in [-0.3, -0.25) is 4.79 Å². The third-order valence-corrected chi connectivity index (χ3v) is 5.08. The maximum Gasteiger partial charge on any atom is 0.340 e. The molecule has 0 saturated heterocycles. The zero-order chi connectivity index (χ0) is 20.4. The number of benzene rings is 4. The molecule has 0 aliphatic rings. The van der Waals surface area contributed by atoms with Gasteiger partial charge in [0.2, 0.25) is 0 Å². The van der Waals surface area contributed by atoms with Crippen LogP contribution < -0.4 is 4.90 Å². The van der Waals surface area contributed by atoms with Gasteiger partial charge < -0.3 is 9.64 Å². The second-order valence-electron chi connectivity index (χ2n) is 6.97. The molecule has 0 aliphatic heterocycles. The zero-order valence-corrected chi connectivity index (χ0v) is 16.3. The Morgan fingerprint density at radius 2 is 1.31 bits per heavy atom. The number of anilines is 1. The molecule has 0 radical (unpaired) electrons. The summed E-state index contributed by atoms with van der Waals surface area (Å²) >= 11 is 0. The fourth-order valence-corrected chi connectivity index (χ4v) is 3.56. The Morgan fingerprint density at radius 1 is 0.793 bits per heavy atom. The lowest BCUT2D eigenvalue weighted by atomic mass is 9.97. The first-order chi connectivity index (χ1) is 14.1. The summed E-state index contributed by atoms with van der Waals surface area (Å²) in [4.78, 5) is 27.4. The number of likely N-dealkylation sites (N-methyl/N-ethyl adjacent to an activating group) is 1. The molecule has 4 aromatic carbocycles. The van der Waals surface area contributed by atoms with E-state index in [1.165, 1.54) is 4.90 Å². The summed E-state index contributed by atoms with van der Waals surface area (Å²) in [6.45, 7) is 1.60. The van der Waals surface area contributed by atoms with E-state index in [0.717, 1.165) is 27.2 Å². The van der Waals surface area contributed by atoms with Crippen molar-refractivity contribution < 1.29 is 14.3 Å². The van der Waals surface area contributed by atoms with Crippen molar-refractivity contribution in [3.63, 3.8) is 0 Å².